The number of para-hydroxylation sites is 1. The van der Waals surface area contributed by atoms with E-state index in [0.717, 1.165) is 0 Å². The van der Waals surface area contributed by atoms with Gasteiger partial charge in [0.2, 0.25) is 0 Å². The van der Waals surface area contributed by atoms with Gasteiger partial charge in [0.25, 0.3) is 0 Å². The van der Waals surface area contributed by atoms with Gasteiger partial charge in [-0.2, -0.15) is 0 Å². The highest BCUT2D eigenvalue weighted by Crippen LogP contribution is 2.37. The van der Waals surface area contributed by atoms with Crippen molar-refractivity contribution in [1.82, 2.24) is 0 Å². The molecule has 1 rings (SSSR count). The Bertz CT molecular complexity index is 421. The maximum absolute atomic E-state index is 11.2. The molecular formula is C12H18N2O4. The highest BCUT2D eigenvalue weighted by Gasteiger charge is 2.25. The molecule has 1 aromatic carbocycles. The molecule has 0 fully saturated rings. The number of rotatable bonds is 6. The number of nitro groups is 1. The fraction of sp³-hybridized carbons (Fsp3) is 0.500. The van der Waals surface area contributed by atoms with E-state index in [2.05, 4.69) is 0 Å². The molecule has 100 valence electrons. The summed E-state index contributed by atoms with van der Waals surface area (Å²) in [4.78, 5) is 12.5. The maximum Gasteiger partial charge on any atom is 0.333 e. The zero-order chi connectivity index (χ0) is 13.7. The van der Waals surface area contributed by atoms with Crippen LogP contribution in [0.3, 0.4) is 0 Å². The molecule has 0 aromatic heterocycles. The van der Waals surface area contributed by atoms with Gasteiger partial charge in [0, 0.05) is 12.6 Å². The van der Waals surface area contributed by atoms with Gasteiger partial charge in [-0.05, 0) is 26.0 Å². The van der Waals surface area contributed by atoms with Gasteiger partial charge >= 0.3 is 5.69 Å². The molecule has 0 radical (unpaired) electrons. The molecule has 6 nitrogen and oxygen atoms in total. The van der Waals surface area contributed by atoms with Crippen LogP contribution < -0.4 is 9.64 Å². The van der Waals surface area contributed by atoms with Crippen LogP contribution in [0.1, 0.15) is 13.8 Å². The molecular weight excluding hydrogens is 236 g/mol. The minimum Gasteiger partial charge on any atom is -0.490 e. The predicted molar refractivity (Wildman–Crippen MR) is 69.2 cm³/mol. The zero-order valence-electron chi connectivity index (χ0n) is 10.8. The normalized spacial score (nSPS) is 10.5. The van der Waals surface area contributed by atoms with Crippen molar-refractivity contribution in [2.24, 2.45) is 0 Å². The highest BCUT2D eigenvalue weighted by molar-refractivity contribution is 5.70. The molecule has 0 heterocycles. The van der Waals surface area contributed by atoms with Crippen molar-refractivity contribution in [2.45, 2.75) is 19.9 Å². The van der Waals surface area contributed by atoms with Crippen LogP contribution in [0, 0.1) is 10.1 Å². The second kappa shape index (κ2) is 6.20. The Balaban J connectivity index is 3.32. The summed E-state index contributed by atoms with van der Waals surface area (Å²) in [6.45, 7) is 4.11. The molecule has 0 aliphatic heterocycles. The molecule has 1 aromatic rings. The van der Waals surface area contributed by atoms with E-state index >= 15 is 0 Å². The fourth-order valence-corrected chi connectivity index (χ4v) is 1.86. The van der Waals surface area contributed by atoms with Crippen LogP contribution in [0.15, 0.2) is 18.2 Å². The largest absolute Gasteiger partial charge is 0.490 e. The number of hydrogen-bond donors (Lipinski definition) is 1. The van der Waals surface area contributed by atoms with Crippen LogP contribution in [-0.2, 0) is 0 Å². The van der Waals surface area contributed by atoms with Crippen LogP contribution in [0.25, 0.3) is 0 Å². The summed E-state index contributed by atoms with van der Waals surface area (Å²) >= 11 is 0. The van der Waals surface area contributed by atoms with E-state index in [1.807, 2.05) is 13.8 Å². The van der Waals surface area contributed by atoms with E-state index < -0.39 is 4.92 Å². The van der Waals surface area contributed by atoms with E-state index in [1.165, 1.54) is 7.11 Å². The van der Waals surface area contributed by atoms with E-state index in [9.17, 15) is 10.1 Å². The Morgan fingerprint density at radius 2 is 2.17 bits per heavy atom. The van der Waals surface area contributed by atoms with Crippen molar-refractivity contribution >= 4 is 11.4 Å². The Kier molecular flexibility index (Phi) is 4.91. The molecule has 0 amide bonds. The van der Waals surface area contributed by atoms with Gasteiger partial charge in [-0.25, -0.2) is 0 Å². The van der Waals surface area contributed by atoms with E-state index in [1.54, 1.807) is 23.1 Å². The van der Waals surface area contributed by atoms with Crippen LogP contribution in [0.2, 0.25) is 0 Å². The van der Waals surface area contributed by atoms with Gasteiger partial charge in [0.1, 0.15) is 5.69 Å². The summed E-state index contributed by atoms with van der Waals surface area (Å²) < 4.78 is 5.02. The lowest BCUT2D eigenvalue weighted by Gasteiger charge is -2.28. The van der Waals surface area contributed by atoms with E-state index in [-0.39, 0.29) is 24.1 Å². The summed E-state index contributed by atoms with van der Waals surface area (Å²) in [5.41, 5.74) is 0.394. The maximum atomic E-state index is 11.2. The summed E-state index contributed by atoms with van der Waals surface area (Å²) in [6.07, 6.45) is 0. The molecule has 0 saturated heterocycles. The lowest BCUT2D eigenvalue weighted by atomic mass is 10.2. The van der Waals surface area contributed by atoms with Gasteiger partial charge < -0.3 is 14.7 Å². The molecule has 18 heavy (non-hydrogen) atoms. The van der Waals surface area contributed by atoms with Crippen molar-refractivity contribution in [1.29, 1.82) is 0 Å². The number of nitrogens with zero attached hydrogens (tertiary/aromatic N) is 2. The molecule has 0 saturated carbocycles. The SMILES string of the molecule is COc1cccc(N(CCO)C(C)C)c1[N+](=O)[O-]. The predicted octanol–water partition coefficient (Wildman–Crippen LogP) is 1.81. The molecule has 6 heteroatoms. The topological polar surface area (TPSA) is 75.8 Å². The van der Waals surface area contributed by atoms with Gasteiger partial charge in [-0.1, -0.05) is 6.07 Å². The van der Waals surface area contributed by atoms with Gasteiger partial charge in [-0.3, -0.25) is 10.1 Å². The fourth-order valence-electron chi connectivity index (χ4n) is 1.86. The molecule has 0 bridgehead atoms. The number of nitro benzene ring substituents is 1. The number of hydrogen-bond acceptors (Lipinski definition) is 5. The summed E-state index contributed by atoms with van der Waals surface area (Å²) in [5.74, 6) is 0.223. The first kappa shape index (κ1) is 14.2. The first-order chi connectivity index (χ1) is 8.52. The number of methoxy groups -OCH3 is 1. The summed E-state index contributed by atoms with van der Waals surface area (Å²) in [6, 6.07) is 4.96. The first-order valence-electron chi connectivity index (χ1n) is 5.71. The molecule has 0 spiro atoms. The number of ether oxygens (including phenoxy) is 1. The minimum atomic E-state index is -0.457. The van der Waals surface area contributed by atoms with Gasteiger partial charge in [-0.15, -0.1) is 0 Å². The van der Waals surface area contributed by atoms with Gasteiger partial charge in [0.05, 0.1) is 18.6 Å². The third-order valence-electron chi connectivity index (χ3n) is 2.65. The molecule has 0 atom stereocenters. The minimum absolute atomic E-state index is 0.0444. The third-order valence-corrected chi connectivity index (χ3v) is 2.65. The Morgan fingerprint density at radius 1 is 1.50 bits per heavy atom. The average molecular weight is 254 g/mol. The van der Waals surface area contributed by atoms with Crippen molar-refractivity contribution in [3.63, 3.8) is 0 Å². The van der Waals surface area contributed by atoms with Crippen molar-refractivity contribution in [3.05, 3.63) is 28.3 Å². The van der Waals surface area contributed by atoms with Crippen LogP contribution in [0.5, 0.6) is 5.75 Å². The molecule has 0 unspecified atom stereocenters. The standard InChI is InChI=1S/C12H18N2O4/c1-9(2)13(7-8-15)10-5-4-6-11(18-3)12(10)14(16)17/h4-6,9,15H,7-8H2,1-3H3. The van der Waals surface area contributed by atoms with E-state index in [4.69, 9.17) is 9.84 Å². The van der Waals surface area contributed by atoms with Crippen LogP contribution in [0.4, 0.5) is 11.4 Å². The monoisotopic (exact) mass is 254 g/mol. The van der Waals surface area contributed by atoms with Crippen molar-refractivity contribution in [3.8, 4) is 5.75 Å². The Hall–Kier alpha value is -1.82. The van der Waals surface area contributed by atoms with E-state index in [0.29, 0.717) is 12.2 Å². The highest BCUT2D eigenvalue weighted by atomic mass is 16.6. The van der Waals surface area contributed by atoms with Crippen molar-refractivity contribution in [2.75, 3.05) is 25.2 Å². The molecule has 0 aliphatic rings. The number of aliphatic hydroxyl groups excluding tert-OH is 1. The second-order valence-electron chi connectivity index (χ2n) is 4.10. The number of aliphatic hydroxyl groups is 1. The molecule has 1 N–H and O–H groups in total. The smallest absolute Gasteiger partial charge is 0.333 e. The third kappa shape index (κ3) is 2.89. The quantitative estimate of drug-likeness (QED) is 0.619. The second-order valence-corrected chi connectivity index (χ2v) is 4.10. The average Bonchev–Trinajstić information content (AvgIpc) is 2.34. The first-order valence-corrected chi connectivity index (χ1v) is 5.71. The van der Waals surface area contributed by atoms with Crippen LogP contribution in [-0.4, -0.2) is 36.3 Å². The lowest BCUT2D eigenvalue weighted by Crippen LogP contribution is -2.33. The Labute approximate surface area is 106 Å². The summed E-state index contributed by atoms with van der Waals surface area (Å²) in [7, 11) is 1.40. The van der Waals surface area contributed by atoms with Gasteiger partial charge in [0.15, 0.2) is 5.75 Å². The zero-order valence-corrected chi connectivity index (χ0v) is 10.8. The Morgan fingerprint density at radius 3 is 2.61 bits per heavy atom. The number of benzene rings is 1. The summed E-state index contributed by atoms with van der Waals surface area (Å²) in [5, 5.41) is 20.2. The molecule has 0 aliphatic carbocycles. The number of anilines is 1. The lowest BCUT2D eigenvalue weighted by molar-refractivity contribution is -0.385. The van der Waals surface area contributed by atoms with Crippen LogP contribution >= 0.6 is 0 Å². The van der Waals surface area contributed by atoms with Crippen molar-refractivity contribution < 1.29 is 14.8 Å².